The molecule has 0 bridgehead atoms. The van der Waals surface area contributed by atoms with Gasteiger partial charge in [-0.2, -0.15) is 0 Å². The van der Waals surface area contributed by atoms with Crippen LogP contribution in [0.25, 0.3) is 0 Å². The van der Waals surface area contributed by atoms with Crippen molar-refractivity contribution in [3.63, 3.8) is 0 Å². The molecule has 3 nitrogen and oxygen atoms in total. The Morgan fingerprint density at radius 3 is 2.68 bits per heavy atom. The summed E-state index contributed by atoms with van der Waals surface area (Å²) in [6.07, 6.45) is 4.79. The van der Waals surface area contributed by atoms with E-state index in [1.165, 1.54) is 36.1 Å². The van der Waals surface area contributed by atoms with Crippen molar-refractivity contribution in [3.05, 3.63) is 29.3 Å². The SMILES string of the molecule is CNCc1ccc(N(CCCO)C2CCC2)cc1C. The van der Waals surface area contributed by atoms with E-state index in [-0.39, 0.29) is 6.61 Å². The Morgan fingerprint density at radius 2 is 2.16 bits per heavy atom. The van der Waals surface area contributed by atoms with Crippen molar-refractivity contribution in [1.29, 1.82) is 0 Å². The highest BCUT2D eigenvalue weighted by molar-refractivity contribution is 5.52. The molecule has 1 saturated carbocycles. The molecule has 2 N–H and O–H groups in total. The molecule has 3 heteroatoms. The summed E-state index contributed by atoms with van der Waals surface area (Å²) in [6, 6.07) is 7.44. The fraction of sp³-hybridized carbons (Fsp3) is 0.625. The van der Waals surface area contributed by atoms with Gasteiger partial charge in [-0.3, -0.25) is 0 Å². The second kappa shape index (κ2) is 6.92. The normalized spacial score (nSPS) is 15.3. The minimum atomic E-state index is 0.278. The highest BCUT2D eigenvalue weighted by atomic mass is 16.3. The number of anilines is 1. The van der Waals surface area contributed by atoms with Crippen molar-refractivity contribution in [2.45, 2.75) is 45.2 Å². The van der Waals surface area contributed by atoms with Crippen molar-refractivity contribution in [1.82, 2.24) is 5.32 Å². The Balaban J connectivity index is 2.13. The molecule has 0 aliphatic heterocycles. The van der Waals surface area contributed by atoms with Crippen LogP contribution < -0.4 is 10.2 Å². The Labute approximate surface area is 116 Å². The molecule has 0 amide bonds. The molecule has 0 saturated heterocycles. The van der Waals surface area contributed by atoms with Gasteiger partial charge in [0.1, 0.15) is 0 Å². The van der Waals surface area contributed by atoms with E-state index >= 15 is 0 Å². The molecule has 1 aliphatic carbocycles. The molecule has 1 aromatic rings. The number of hydrogen-bond acceptors (Lipinski definition) is 3. The third-order valence-corrected chi connectivity index (χ3v) is 4.10. The topological polar surface area (TPSA) is 35.5 Å². The maximum Gasteiger partial charge on any atom is 0.0447 e. The molecule has 0 radical (unpaired) electrons. The fourth-order valence-electron chi connectivity index (χ4n) is 2.71. The van der Waals surface area contributed by atoms with E-state index in [1.54, 1.807) is 0 Å². The number of aliphatic hydroxyl groups is 1. The first-order valence-corrected chi connectivity index (χ1v) is 7.38. The van der Waals surface area contributed by atoms with Gasteiger partial charge in [0.2, 0.25) is 0 Å². The summed E-state index contributed by atoms with van der Waals surface area (Å²) in [6.45, 7) is 4.35. The van der Waals surface area contributed by atoms with Gasteiger partial charge in [-0.1, -0.05) is 6.07 Å². The van der Waals surface area contributed by atoms with E-state index in [0.29, 0.717) is 6.04 Å². The number of rotatable bonds is 7. The molecular formula is C16H26N2O. The molecule has 0 atom stereocenters. The Morgan fingerprint density at radius 1 is 1.37 bits per heavy atom. The van der Waals surface area contributed by atoms with Gasteiger partial charge in [0.05, 0.1) is 0 Å². The average Bonchev–Trinajstić information content (AvgIpc) is 2.35. The van der Waals surface area contributed by atoms with Crippen LogP contribution in [0.2, 0.25) is 0 Å². The number of aryl methyl sites for hydroxylation is 1. The van der Waals surface area contributed by atoms with Crippen molar-refractivity contribution in [2.75, 3.05) is 25.1 Å². The van der Waals surface area contributed by atoms with E-state index in [4.69, 9.17) is 5.11 Å². The molecule has 0 heterocycles. The summed E-state index contributed by atoms with van der Waals surface area (Å²) < 4.78 is 0. The van der Waals surface area contributed by atoms with Crippen LogP contribution in [0.3, 0.4) is 0 Å². The summed E-state index contributed by atoms with van der Waals surface area (Å²) in [4.78, 5) is 2.48. The molecule has 106 valence electrons. The largest absolute Gasteiger partial charge is 0.396 e. The zero-order chi connectivity index (χ0) is 13.7. The zero-order valence-electron chi connectivity index (χ0n) is 12.2. The van der Waals surface area contributed by atoms with Crippen LogP contribution in [-0.4, -0.2) is 31.3 Å². The average molecular weight is 262 g/mol. The van der Waals surface area contributed by atoms with Gasteiger partial charge >= 0.3 is 0 Å². The lowest BCUT2D eigenvalue weighted by atomic mass is 9.90. The Hall–Kier alpha value is -1.06. The van der Waals surface area contributed by atoms with Gasteiger partial charge in [0, 0.05) is 31.4 Å². The molecule has 0 spiro atoms. The number of nitrogens with one attached hydrogen (secondary N) is 1. The van der Waals surface area contributed by atoms with Crippen LogP contribution in [0.15, 0.2) is 18.2 Å². The van der Waals surface area contributed by atoms with Crippen LogP contribution in [-0.2, 0) is 6.54 Å². The third kappa shape index (κ3) is 3.48. The number of nitrogens with zero attached hydrogens (tertiary/aromatic N) is 1. The lowest BCUT2D eigenvalue weighted by molar-refractivity contribution is 0.283. The standard InChI is InChI=1S/C16H26N2O/c1-13-11-16(8-7-14(13)12-17-2)18(9-4-10-19)15-5-3-6-15/h7-8,11,15,17,19H,3-6,9-10,12H2,1-2H3. The van der Waals surface area contributed by atoms with Gasteiger partial charge in [-0.15, -0.1) is 0 Å². The first kappa shape index (κ1) is 14.4. The molecular weight excluding hydrogens is 236 g/mol. The molecule has 0 unspecified atom stereocenters. The predicted molar refractivity (Wildman–Crippen MR) is 80.6 cm³/mol. The van der Waals surface area contributed by atoms with Gasteiger partial charge in [0.15, 0.2) is 0 Å². The zero-order valence-corrected chi connectivity index (χ0v) is 12.2. The highest BCUT2D eigenvalue weighted by Gasteiger charge is 2.24. The van der Waals surface area contributed by atoms with Crippen molar-refractivity contribution < 1.29 is 5.11 Å². The second-order valence-electron chi connectivity index (χ2n) is 5.50. The lowest BCUT2D eigenvalue weighted by Gasteiger charge is -2.39. The van der Waals surface area contributed by atoms with Crippen LogP contribution in [0.4, 0.5) is 5.69 Å². The van der Waals surface area contributed by atoms with E-state index in [9.17, 15) is 0 Å². The molecule has 1 aromatic carbocycles. The second-order valence-corrected chi connectivity index (χ2v) is 5.50. The van der Waals surface area contributed by atoms with Gasteiger partial charge < -0.3 is 15.3 Å². The summed E-state index contributed by atoms with van der Waals surface area (Å²) in [7, 11) is 1.98. The maximum atomic E-state index is 9.07. The van der Waals surface area contributed by atoms with Crippen LogP contribution >= 0.6 is 0 Å². The van der Waals surface area contributed by atoms with E-state index in [1.807, 2.05) is 7.05 Å². The summed E-state index contributed by atoms with van der Waals surface area (Å²) in [5, 5.41) is 12.3. The monoisotopic (exact) mass is 262 g/mol. The Kier molecular flexibility index (Phi) is 5.23. The summed E-state index contributed by atoms with van der Waals surface area (Å²) in [5.74, 6) is 0. The van der Waals surface area contributed by atoms with Crippen LogP contribution in [0.1, 0.15) is 36.8 Å². The maximum absolute atomic E-state index is 9.07. The first-order chi connectivity index (χ1) is 9.26. The van der Waals surface area contributed by atoms with Crippen molar-refractivity contribution in [3.8, 4) is 0 Å². The molecule has 2 rings (SSSR count). The smallest absolute Gasteiger partial charge is 0.0447 e. The van der Waals surface area contributed by atoms with Crippen molar-refractivity contribution in [2.24, 2.45) is 0 Å². The van der Waals surface area contributed by atoms with Gasteiger partial charge in [-0.05, 0) is 62.9 Å². The molecule has 19 heavy (non-hydrogen) atoms. The van der Waals surface area contributed by atoms with E-state index in [0.717, 1.165) is 19.5 Å². The predicted octanol–water partition coefficient (Wildman–Crippen LogP) is 2.46. The molecule has 0 aromatic heterocycles. The van der Waals surface area contributed by atoms with E-state index in [2.05, 4.69) is 35.3 Å². The highest BCUT2D eigenvalue weighted by Crippen LogP contribution is 2.30. The number of aliphatic hydroxyl groups excluding tert-OH is 1. The first-order valence-electron chi connectivity index (χ1n) is 7.38. The number of benzene rings is 1. The molecule has 1 aliphatic rings. The minimum absolute atomic E-state index is 0.278. The van der Waals surface area contributed by atoms with Crippen molar-refractivity contribution >= 4 is 5.69 Å². The molecule has 1 fully saturated rings. The van der Waals surface area contributed by atoms with Crippen LogP contribution in [0.5, 0.6) is 0 Å². The van der Waals surface area contributed by atoms with E-state index < -0.39 is 0 Å². The van der Waals surface area contributed by atoms with Gasteiger partial charge in [0.25, 0.3) is 0 Å². The fourth-order valence-corrected chi connectivity index (χ4v) is 2.71. The summed E-state index contributed by atoms with van der Waals surface area (Å²) in [5.41, 5.74) is 4.03. The minimum Gasteiger partial charge on any atom is -0.396 e. The Bertz CT molecular complexity index is 402. The van der Waals surface area contributed by atoms with Crippen LogP contribution in [0, 0.1) is 6.92 Å². The quantitative estimate of drug-likeness (QED) is 0.792. The third-order valence-electron chi connectivity index (χ3n) is 4.10. The summed E-state index contributed by atoms with van der Waals surface area (Å²) >= 11 is 0. The van der Waals surface area contributed by atoms with Gasteiger partial charge in [-0.25, -0.2) is 0 Å². The number of hydrogen-bond donors (Lipinski definition) is 2. The lowest BCUT2D eigenvalue weighted by Crippen LogP contribution is -2.41.